The maximum absolute atomic E-state index is 12.7. The maximum atomic E-state index is 12.7. The third-order valence-corrected chi connectivity index (χ3v) is 7.42. The topological polar surface area (TPSA) is 78.5 Å². The van der Waals surface area contributed by atoms with Gasteiger partial charge < -0.3 is 10.6 Å². The molecule has 2 aromatic rings. The number of nitrogens with one attached hydrogen (secondary N) is 2. The van der Waals surface area contributed by atoms with E-state index >= 15 is 0 Å². The molecule has 2 N–H and O–H groups in total. The number of rotatable bonds is 7. The van der Waals surface area contributed by atoms with Gasteiger partial charge in [0.2, 0.25) is 15.9 Å². The van der Waals surface area contributed by atoms with Crippen LogP contribution >= 0.6 is 11.3 Å². The Kier molecular flexibility index (Phi) is 6.64. The molecule has 0 spiro atoms. The number of anilines is 1. The number of piperidine rings is 1. The first-order valence-corrected chi connectivity index (χ1v) is 11.5. The Morgan fingerprint density at radius 3 is 2.48 bits per heavy atom. The average molecular weight is 408 g/mol. The second kappa shape index (κ2) is 8.97. The van der Waals surface area contributed by atoms with Crippen LogP contribution in [0.1, 0.15) is 31.1 Å². The van der Waals surface area contributed by atoms with Crippen molar-refractivity contribution in [3.05, 3.63) is 46.7 Å². The summed E-state index contributed by atoms with van der Waals surface area (Å²) in [4.78, 5) is 13.7. The number of hydrogen-bond donors (Lipinski definition) is 2. The zero-order valence-corrected chi connectivity index (χ0v) is 17.0. The molecule has 0 saturated carbocycles. The summed E-state index contributed by atoms with van der Waals surface area (Å²) in [6.45, 7) is 3.60. The van der Waals surface area contributed by atoms with Crippen molar-refractivity contribution in [3.8, 4) is 0 Å². The Labute approximate surface area is 164 Å². The first kappa shape index (κ1) is 20.0. The summed E-state index contributed by atoms with van der Waals surface area (Å²) < 4.78 is 26.9. The van der Waals surface area contributed by atoms with E-state index in [0.29, 0.717) is 25.3 Å². The van der Waals surface area contributed by atoms with Gasteiger partial charge in [-0.2, -0.15) is 4.31 Å². The number of nitrogens with zero attached hydrogens (tertiary/aromatic N) is 1. The molecule has 8 heteroatoms. The molecular formula is C19H25N3O3S2. The molecule has 0 aliphatic carbocycles. The van der Waals surface area contributed by atoms with Crippen LogP contribution in [0.5, 0.6) is 0 Å². The van der Waals surface area contributed by atoms with Crippen LogP contribution in [0.4, 0.5) is 5.69 Å². The van der Waals surface area contributed by atoms with Crippen LogP contribution in [0.25, 0.3) is 0 Å². The van der Waals surface area contributed by atoms with E-state index in [2.05, 4.69) is 10.6 Å². The van der Waals surface area contributed by atoms with E-state index in [4.69, 9.17) is 0 Å². The summed E-state index contributed by atoms with van der Waals surface area (Å²) in [5, 5.41) is 8.00. The van der Waals surface area contributed by atoms with Crippen molar-refractivity contribution in [3.63, 3.8) is 0 Å². The van der Waals surface area contributed by atoms with E-state index in [0.717, 1.165) is 19.3 Å². The highest BCUT2D eigenvalue weighted by Crippen LogP contribution is 2.22. The van der Waals surface area contributed by atoms with Crippen molar-refractivity contribution in [2.45, 2.75) is 43.7 Å². The predicted molar refractivity (Wildman–Crippen MR) is 108 cm³/mol. The van der Waals surface area contributed by atoms with Gasteiger partial charge in [0.1, 0.15) is 0 Å². The van der Waals surface area contributed by atoms with Gasteiger partial charge in [-0.15, -0.1) is 11.3 Å². The summed E-state index contributed by atoms with van der Waals surface area (Å²) in [7, 11) is -3.45. The predicted octanol–water partition coefficient (Wildman–Crippen LogP) is 3.04. The van der Waals surface area contributed by atoms with Gasteiger partial charge >= 0.3 is 0 Å². The molecule has 0 radical (unpaired) electrons. The summed E-state index contributed by atoms with van der Waals surface area (Å²) in [6.07, 6.45) is 2.89. The molecule has 27 heavy (non-hydrogen) atoms. The molecule has 0 bridgehead atoms. The van der Waals surface area contributed by atoms with Crippen molar-refractivity contribution < 1.29 is 13.2 Å². The molecule has 146 valence electrons. The molecule has 1 fully saturated rings. The number of hydrogen-bond acceptors (Lipinski definition) is 5. The average Bonchev–Trinajstić information content (AvgIpc) is 3.21. The fourth-order valence-electron chi connectivity index (χ4n) is 2.97. The van der Waals surface area contributed by atoms with Gasteiger partial charge in [-0.25, -0.2) is 8.42 Å². The minimum atomic E-state index is -3.45. The molecule has 3 rings (SSSR count). The highest BCUT2D eigenvalue weighted by molar-refractivity contribution is 7.89. The van der Waals surface area contributed by atoms with Crippen LogP contribution in [-0.4, -0.2) is 37.8 Å². The minimum Gasteiger partial charge on any atom is -0.325 e. The quantitative estimate of drug-likeness (QED) is 0.739. The van der Waals surface area contributed by atoms with Crippen LogP contribution in [0.3, 0.4) is 0 Å². The smallest absolute Gasteiger partial charge is 0.243 e. The van der Waals surface area contributed by atoms with Crippen molar-refractivity contribution in [2.75, 3.05) is 18.4 Å². The van der Waals surface area contributed by atoms with E-state index in [1.54, 1.807) is 46.8 Å². The maximum Gasteiger partial charge on any atom is 0.243 e. The lowest BCUT2D eigenvalue weighted by Crippen LogP contribution is -2.37. The monoisotopic (exact) mass is 407 g/mol. The van der Waals surface area contributed by atoms with Gasteiger partial charge in [0.15, 0.2) is 0 Å². The van der Waals surface area contributed by atoms with Crippen molar-refractivity contribution in [2.24, 2.45) is 0 Å². The van der Waals surface area contributed by atoms with Crippen LogP contribution in [0.2, 0.25) is 0 Å². The zero-order valence-electron chi connectivity index (χ0n) is 15.3. The number of sulfonamides is 1. The SMILES string of the molecule is C[C@H](NCc1cccs1)C(=O)Nc1ccc(S(=O)(=O)N2CCCCC2)cc1. The van der Waals surface area contributed by atoms with Gasteiger partial charge in [0.05, 0.1) is 10.9 Å². The van der Waals surface area contributed by atoms with Gasteiger partial charge in [-0.05, 0) is 55.5 Å². The van der Waals surface area contributed by atoms with E-state index in [1.165, 1.54) is 4.88 Å². The van der Waals surface area contributed by atoms with Crippen LogP contribution in [0.15, 0.2) is 46.7 Å². The van der Waals surface area contributed by atoms with Crippen LogP contribution in [0, 0.1) is 0 Å². The summed E-state index contributed by atoms with van der Waals surface area (Å²) in [5.74, 6) is -0.154. The van der Waals surface area contributed by atoms with Crippen LogP contribution < -0.4 is 10.6 Å². The molecule has 0 unspecified atom stereocenters. The van der Waals surface area contributed by atoms with Gasteiger partial charge in [-0.3, -0.25) is 4.79 Å². The third kappa shape index (κ3) is 5.16. The van der Waals surface area contributed by atoms with Gasteiger partial charge in [0.25, 0.3) is 0 Å². The number of carbonyl (C=O) groups is 1. The summed E-state index contributed by atoms with van der Waals surface area (Å²) >= 11 is 1.64. The van der Waals surface area contributed by atoms with Crippen LogP contribution in [-0.2, 0) is 21.4 Å². The number of amides is 1. The van der Waals surface area contributed by atoms with Crippen molar-refractivity contribution in [1.82, 2.24) is 9.62 Å². The Hall–Kier alpha value is -1.74. The van der Waals surface area contributed by atoms with E-state index < -0.39 is 10.0 Å². The van der Waals surface area contributed by atoms with Crippen molar-refractivity contribution in [1.29, 1.82) is 0 Å². The molecule has 1 atom stereocenters. The van der Waals surface area contributed by atoms with E-state index in [9.17, 15) is 13.2 Å². The highest BCUT2D eigenvalue weighted by atomic mass is 32.2. The van der Waals surface area contributed by atoms with Gasteiger partial charge in [-0.1, -0.05) is 12.5 Å². The first-order chi connectivity index (χ1) is 13.0. The lowest BCUT2D eigenvalue weighted by Gasteiger charge is -2.25. The normalized spacial score (nSPS) is 16.8. The molecular weight excluding hydrogens is 382 g/mol. The number of carbonyl (C=O) groups excluding carboxylic acids is 1. The summed E-state index contributed by atoms with van der Waals surface area (Å²) in [5.41, 5.74) is 0.586. The fraction of sp³-hybridized carbons (Fsp3) is 0.421. The zero-order chi connectivity index (χ0) is 19.3. The standard InChI is InChI=1S/C19H25N3O3S2/c1-15(20-14-17-6-5-13-26-17)19(23)21-16-7-9-18(10-8-16)27(24,25)22-11-3-2-4-12-22/h5-10,13,15,20H,2-4,11-12,14H2,1H3,(H,21,23)/t15-/m0/s1. The largest absolute Gasteiger partial charge is 0.325 e. The summed E-state index contributed by atoms with van der Waals surface area (Å²) in [6, 6.07) is 10.0. The first-order valence-electron chi connectivity index (χ1n) is 9.13. The molecule has 1 aromatic heterocycles. The Morgan fingerprint density at radius 1 is 1.15 bits per heavy atom. The van der Waals surface area contributed by atoms with Crippen molar-refractivity contribution >= 4 is 33.0 Å². The minimum absolute atomic E-state index is 0.154. The molecule has 1 aliphatic rings. The molecule has 1 saturated heterocycles. The third-order valence-electron chi connectivity index (χ3n) is 4.63. The second-order valence-corrected chi connectivity index (χ2v) is 9.63. The molecule has 1 amide bonds. The lowest BCUT2D eigenvalue weighted by molar-refractivity contribution is -0.117. The second-order valence-electron chi connectivity index (χ2n) is 6.66. The fourth-order valence-corrected chi connectivity index (χ4v) is 5.15. The molecule has 2 heterocycles. The number of thiophene rings is 1. The van der Waals surface area contributed by atoms with E-state index in [-0.39, 0.29) is 16.8 Å². The highest BCUT2D eigenvalue weighted by Gasteiger charge is 2.25. The Balaban J connectivity index is 1.57. The Morgan fingerprint density at radius 2 is 1.85 bits per heavy atom. The number of benzene rings is 1. The molecule has 1 aromatic carbocycles. The van der Waals surface area contributed by atoms with E-state index in [1.807, 2.05) is 17.5 Å². The lowest BCUT2D eigenvalue weighted by atomic mass is 10.2. The molecule has 1 aliphatic heterocycles. The Bertz CT molecular complexity index is 843. The van der Waals surface area contributed by atoms with Gasteiger partial charge in [0, 0.05) is 30.2 Å². The molecule has 6 nitrogen and oxygen atoms in total.